The van der Waals surface area contributed by atoms with Crippen LogP contribution in [0.15, 0.2) is 48.8 Å². The number of hydrogen-bond donors (Lipinski definition) is 4. The number of nitrogens with zero attached hydrogens (tertiary/aromatic N) is 3. The molecule has 8 nitrogen and oxygen atoms in total. The summed E-state index contributed by atoms with van der Waals surface area (Å²) in [6, 6.07) is 12.2. The Kier molecular flexibility index (Phi) is 5.10. The van der Waals surface area contributed by atoms with Gasteiger partial charge in [-0.15, -0.1) is 0 Å². The second kappa shape index (κ2) is 8.22. The molecule has 8 heteroatoms. The summed E-state index contributed by atoms with van der Waals surface area (Å²) in [7, 11) is 1.68. The number of aryl methyl sites for hydroxylation is 3. The molecule has 2 aromatic carbocycles. The number of rotatable bonds is 7. The first-order valence-electron chi connectivity index (χ1n) is 10.5. The summed E-state index contributed by atoms with van der Waals surface area (Å²) in [4.78, 5) is 19.9. The molecule has 5 aromatic rings. The van der Waals surface area contributed by atoms with Crippen LogP contribution < -0.4 is 15.8 Å². The molecule has 0 bridgehead atoms. The normalized spacial score (nSPS) is 11.3. The van der Waals surface area contributed by atoms with E-state index in [1.807, 2.05) is 43.6 Å². The summed E-state index contributed by atoms with van der Waals surface area (Å²) in [5, 5.41) is 4.41. The first-order chi connectivity index (χ1) is 15.6. The van der Waals surface area contributed by atoms with Crippen LogP contribution in [-0.4, -0.2) is 32.0 Å². The van der Waals surface area contributed by atoms with E-state index in [9.17, 15) is 0 Å². The molecule has 0 radical (unpaired) electrons. The van der Waals surface area contributed by atoms with Crippen molar-refractivity contribution < 1.29 is 4.74 Å². The van der Waals surface area contributed by atoms with Crippen molar-refractivity contribution in [3.63, 3.8) is 0 Å². The van der Waals surface area contributed by atoms with Gasteiger partial charge >= 0.3 is 0 Å². The number of H-pyrrole nitrogens is 2. The molecule has 0 saturated carbocycles. The monoisotopic (exact) mass is 427 g/mol. The van der Waals surface area contributed by atoms with Gasteiger partial charge in [-0.3, -0.25) is 0 Å². The molecule has 0 saturated heterocycles. The molecule has 0 spiro atoms. The maximum absolute atomic E-state index is 6.23. The number of aromatic nitrogens is 5. The third-order valence-corrected chi connectivity index (χ3v) is 5.65. The largest absolute Gasteiger partial charge is 0.497 e. The fourth-order valence-corrected chi connectivity index (χ4v) is 3.93. The number of anilines is 2. The Morgan fingerprint density at radius 3 is 2.75 bits per heavy atom. The number of aromatic amines is 2. The Labute approximate surface area is 185 Å². The fourth-order valence-electron chi connectivity index (χ4n) is 3.93. The second-order valence-corrected chi connectivity index (χ2v) is 7.86. The molecule has 5 N–H and O–H groups in total. The Balaban J connectivity index is 1.25. The molecule has 0 aliphatic carbocycles. The van der Waals surface area contributed by atoms with Gasteiger partial charge in [0.2, 0.25) is 5.95 Å². The van der Waals surface area contributed by atoms with E-state index in [1.165, 1.54) is 5.56 Å². The molecule has 5 rings (SSSR count). The van der Waals surface area contributed by atoms with E-state index in [1.54, 1.807) is 7.11 Å². The molecule has 0 amide bonds. The van der Waals surface area contributed by atoms with Crippen molar-refractivity contribution in [2.45, 2.75) is 26.3 Å². The number of nitrogens with two attached hydrogens (primary N) is 1. The van der Waals surface area contributed by atoms with E-state index in [2.05, 4.69) is 42.4 Å². The number of fused-ring (bicyclic) bond motifs is 2. The van der Waals surface area contributed by atoms with Crippen LogP contribution in [-0.2, 0) is 19.4 Å². The second-order valence-electron chi connectivity index (χ2n) is 7.86. The van der Waals surface area contributed by atoms with Crippen molar-refractivity contribution in [2.24, 2.45) is 0 Å². The first kappa shape index (κ1) is 19.9. The van der Waals surface area contributed by atoms with Gasteiger partial charge in [-0.05, 0) is 61.2 Å². The SMILES string of the molecule is COc1ccc2[nH]cc(CCc3cnc(NCc4ccc5nc(C)[nH]c5c4)nc3N)c2c1. The zero-order valence-corrected chi connectivity index (χ0v) is 18.1. The molecular weight excluding hydrogens is 402 g/mol. The van der Waals surface area contributed by atoms with Crippen LogP contribution in [0.3, 0.4) is 0 Å². The molecular formula is C24H25N7O. The zero-order valence-electron chi connectivity index (χ0n) is 18.1. The lowest BCUT2D eigenvalue weighted by molar-refractivity contribution is 0.415. The lowest BCUT2D eigenvalue weighted by atomic mass is 10.0. The van der Waals surface area contributed by atoms with Gasteiger partial charge in [0.15, 0.2) is 0 Å². The predicted octanol–water partition coefficient (Wildman–Crippen LogP) is 4.13. The summed E-state index contributed by atoms with van der Waals surface area (Å²) in [5.74, 6) is 2.77. The number of methoxy groups -OCH3 is 1. The molecule has 0 atom stereocenters. The highest BCUT2D eigenvalue weighted by molar-refractivity contribution is 5.84. The lowest BCUT2D eigenvalue weighted by Crippen LogP contribution is -2.08. The van der Waals surface area contributed by atoms with E-state index in [0.717, 1.165) is 57.5 Å². The van der Waals surface area contributed by atoms with Crippen molar-refractivity contribution in [3.05, 3.63) is 71.3 Å². The van der Waals surface area contributed by atoms with Crippen LogP contribution in [0, 0.1) is 6.92 Å². The summed E-state index contributed by atoms with van der Waals surface area (Å²) in [6.07, 6.45) is 5.43. The van der Waals surface area contributed by atoms with E-state index >= 15 is 0 Å². The zero-order chi connectivity index (χ0) is 22.1. The molecule has 3 heterocycles. The van der Waals surface area contributed by atoms with Crippen LogP contribution in [0.5, 0.6) is 5.75 Å². The molecule has 0 aliphatic heterocycles. The van der Waals surface area contributed by atoms with E-state index in [0.29, 0.717) is 18.3 Å². The van der Waals surface area contributed by atoms with Gasteiger partial charge in [0, 0.05) is 35.4 Å². The highest BCUT2D eigenvalue weighted by atomic mass is 16.5. The van der Waals surface area contributed by atoms with E-state index in [4.69, 9.17) is 10.5 Å². The van der Waals surface area contributed by atoms with Gasteiger partial charge in [0.05, 0.1) is 18.1 Å². The number of imidazole rings is 1. The topological polar surface area (TPSA) is 118 Å². The maximum atomic E-state index is 6.23. The first-order valence-corrected chi connectivity index (χ1v) is 10.5. The fraction of sp³-hybridized carbons (Fsp3) is 0.208. The van der Waals surface area contributed by atoms with Crippen molar-refractivity contribution in [1.29, 1.82) is 0 Å². The molecule has 3 aromatic heterocycles. The van der Waals surface area contributed by atoms with Gasteiger partial charge in [-0.25, -0.2) is 9.97 Å². The van der Waals surface area contributed by atoms with E-state index in [-0.39, 0.29) is 0 Å². The molecule has 32 heavy (non-hydrogen) atoms. The molecule has 0 unspecified atom stereocenters. The van der Waals surface area contributed by atoms with Crippen molar-refractivity contribution in [2.75, 3.05) is 18.2 Å². The predicted molar refractivity (Wildman–Crippen MR) is 127 cm³/mol. The third-order valence-electron chi connectivity index (χ3n) is 5.65. The van der Waals surface area contributed by atoms with Gasteiger partial charge in [-0.1, -0.05) is 6.07 Å². The summed E-state index contributed by atoms with van der Waals surface area (Å²) >= 11 is 0. The van der Waals surface area contributed by atoms with Gasteiger partial charge in [0.1, 0.15) is 17.4 Å². The standard InChI is InChI=1S/C24H25N7O/c1-14-29-21-7-3-15(9-22(21)30-14)11-27-24-28-13-17(23(25)31-24)5-4-16-12-26-20-8-6-18(32-2)10-19(16)20/h3,6-10,12-13,26H,4-5,11H2,1-2H3,(H,29,30)(H3,25,27,28,31). The Morgan fingerprint density at radius 1 is 1.03 bits per heavy atom. The molecule has 162 valence electrons. The van der Waals surface area contributed by atoms with Crippen LogP contribution in [0.4, 0.5) is 11.8 Å². The van der Waals surface area contributed by atoms with E-state index < -0.39 is 0 Å². The Morgan fingerprint density at radius 2 is 1.91 bits per heavy atom. The van der Waals surface area contributed by atoms with Crippen LogP contribution in [0.25, 0.3) is 21.9 Å². The van der Waals surface area contributed by atoms with Crippen LogP contribution >= 0.6 is 0 Å². The summed E-state index contributed by atoms with van der Waals surface area (Å²) in [6.45, 7) is 2.55. The molecule has 0 aliphatic rings. The number of hydrogen-bond acceptors (Lipinski definition) is 6. The van der Waals surface area contributed by atoms with Crippen molar-refractivity contribution in [3.8, 4) is 5.75 Å². The number of nitrogen functional groups attached to an aromatic ring is 1. The Bertz CT molecular complexity index is 1400. The Hall–Kier alpha value is -4.07. The molecule has 0 fully saturated rings. The number of benzene rings is 2. The minimum atomic E-state index is 0.500. The number of nitrogens with one attached hydrogen (secondary N) is 3. The minimum absolute atomic E-state index is 0.500. The summed E-state index contributed by atoms with van der Waals surface area (Å²) in [5.41, 5.74) is 12.6. The number of ether oxygens (including phenoxy) is 1. The van der Waals surface area contributed by atoms with Crippen molar-refractivity contribution >= 4 is 33.7 Å². The van der Waals surface area contributed by atoms with Gasteiger partial charge in [0.25, 0.3) is 0 Å². The van der Waals surface area contributed by atoms with Gasteiger partial charge < -0.3 is 25.8 Å². The quantitative estimate of drug-likeness (QED) is 0.310. The summed E-state index contributed by atoms with van der Waals surface area (Å²) < 4.78 is 5.35. The van der Waals surface area contributed by atoms with Crippen LogP contribution in [0.1, 0.15) is 22.5 Å². The maximum Gasteiger partial charge on any atom is 0.224 e. The van der Waals surface area contributed by atoms with Gasteiger partial charge in [-0.2, -0.15) is 4.98 Å². The smallest absolute Gasteiger partial charge is 0.224 e. The highest BCUT2D eigenvalue weighted by Crippen LogP contribution is 2.25. The lowest BCUT2D eigenvalue weighted by Gasteiger charge is -2.09. The average Bonchev–Trinajstić information content (AvgIpc) is 3.38. The van der Waals surface area contributed by atoms with Crippen LogP contribution in [0.2, 0.25) is 0 Å². The average molecular weight is 428 g/mol. The van der Waals surface area contributed by atoms with Crippen molar-refractivity contribution in [1.82, 2.24) is 24.9 Å². The highest BCUT2D eigenvalue weighted by Gasteiger charge is 2.09. The third kappa shape index (κ3) is 3.94. The minimum Gasteiger partial charge on any atom is -0.497 e.